The van der Waals surface area contributed by atoms with Crippen LogP contribution in [0.15, 0.2) is 46.0 Å². The predicted molar refractivity (Wildman–Crippen MR) is 115 cm³/mol. The van der Waals surface area contributed by atoms with E-state index < -0.39 is 0 Å². The second-order valence-electron chi connectivity index (χ2n) is 7.41. The zero-order valence-corrected chi connectivity index (χ0v) is 17.5. The van der Waals surface area contributed by atoms with E-state index in [-0.39, 0.29) is 5.91 Å². The van der Waals surface area contributed by atoms with Gasteiger partial charge in [0.25, 0.3) is 0 Å². The van der Waals surface area contributed by atoms with E-state index in [0.717, 1.165) is 51.4 Å². The number of thiophene rings is 1. The molecule has 1 amide bonds. The summed E-state index contributed by atoms with van der Waals surface area (Å²) in [6.45, 7) is 8.63. The molecular weight excluding hydrogens is 374 g/mol. The average Bonchev–Trinajstić information content (AvgIpc) is 3.11. The van der Waals surface area contributed by atoms with Gasteiger partial charge in [-0.15, -0.1) is 11.8 Å². The highest BCUT2D eigenvalue weighted by Crippen LogP contribution is 2.37. The Bertz CT molecular complexity index is 757. The molecule has 2 aliphatic heterocycles. The van der Waals surface area contributed by atoms with E-state index in [4.69, 9.17) is 0 Å². The second kappa shape index (κ2) is 8.78. The fraction of sp³-hybridized carbons (Fsp3) is 0.476. The molecule has 2 aliphatic rings. The number of benzene rings is 1. The summed E-state index contributed by atoms with van der Waals surface area (Å²) >= 11 is 3.65. The van der Waals surface area contributed by atoms with Crippen molar-refractivity contribution < 1.29 is 4.79 Å². The van der Waals surface area contributed by atoms with Crippen molar-refractivity contribution in [3.05, 3.63) is 46.7 Å². The number of hydrogen-bond donors (Lipinski definition) is 0. The molecule has 1 atom stereocenters. The highest BCUT2D eigenvalue weighted by atomic mass is 32.2. The fourth-order valence-corrected chi connectivity index (χ4v) is 5.54. The maximum absolute atomic E-state index is 13.1. The molecule has 0 radical (unpaired) electrons. The first-order chi connectivity index (χ1) is 13.2. The van der Waals surface area contributed by atoms with Crippen molar-refractivity contribution in [1.29, 1.82) is 0 Å². The average molecular weight is 402 g/mol. The van der Waals surface area contributed by atoms with Gasteiger partial charge in [0.2, 0.25) is 5.91 Å². The summed E-state index contributed by atoms with van der Waals surface area (Å²) in [5.74, 6) is 0.239. The zero-order chi connectivity index (χ0) is 18.6. The molecule has 2 aromatic rings. The Hall–Kier alpha value is -1.34. The molecular formula is C21H27N3OS2. The minimum atomic E-state index is 0.239. The number of amides is 1. The summed E-state index contributed by atoms with van der Waals surface area (Å²) < 4.78 is 0. The van der Waals surface area contributed by atoms with Gasteiger partial charge in [-0.2, -0.15) is 11.3 Å². The van der Waals surface area contributed by atoms with Crippen LogP contribution in [-0.2, 0) is 11.3 Å². The van der Waals surface area contributed by atoms with Gasteiger partial charge in [-0.1, -0.05) is 19.1 Å². The van der Waals surface area contributed by atoms with E-state index in [0.29, 0.717) is 11.8 Å². The maximum Gasteiger partial charge on any atom is 0.241 e. The van der Waals surface area contributed by atoms with Crippen molar-refractivity contribution in [2.45, 2.75) is 30.0 Å². The van der Waals surface area contributed by atoms with Crippen molar-refractivity contribution in [2.24, 2.45) is 0 Å². The first kappa shape index (κ1) is 19.0. The molecule has 4 rings (SSSR count). The number of carbonyl (C=O) groups is 1. The molecule has 3 heterocycles. The Labute approximate surface area is 170 Å². The standard InChI is InChI=1S/C21H27N3OS2/c1-17-6-8-24(19-4-2-3-5-20(19)27-17)21(25)15-23-11-9-22(10-12-23)14-18-7-13-26-16-18/h2-5,7,13,16-17H,6,8-12,14-15H2,1H3/t17-/m0/s1. The molecule has 1 fully saturated rings. The highest BCUT2D eigenvalue weighted by Gasteiger charge is 2.26. The monoisotopic (exact) mass is 401 g/mol. The lowest BCUT2D eigenvalue weighted by Gasteiger charge is -2.35. The molecule has 4 nitrogen and oxygen atoms in total. The largest absolute Gasteiger partial charge is 0.310 e. The third kappa shape index (κ3) is 4.74. The number of carbonyl (C=O) groups excluding carboxylic acids is 1. The molecule has 0 N–H and O–H groups in total. The van der Waals surface area contributed by atoms with Crippen LogP contribution in [0.3, 0.4) is 0 Å². The van der Waals surface area contributed by atoms with Gasteiger partial charge in [-0.25, -0.2) is 0 Å². The summed E-state index contributed by atoms with van der Waals surface area (Å²) in [6.07, 6.45) is 1.04. The topological polar surface area (TPSA) is 26.8 Å². The number of piperazine rings is 1. The Morgan fingerprint density at radius 3 is 2.63 bits per heavy atom. The summed E-state index contributed by atoms with van der Waals surface area (Å²) in [5.41, 5.74) is 2.49. The molecule has 144 valence electrons. The summed E-state index contributed by atoms with van der Waals surface area (Å²) in [4.78, 5) is 21.1. The quantitative estimate of drug-likeness (QED) is 0.779. The van der Waals surface area contributed by atoms with Gasteiger partial charge in [0.15, 0.2) is 0 Å². The van der Waals surface area contributed by atoms with Crippen LogP contribution in [0.2, 0.25) is 0 Å². The number of para-hydroxylation sites is 1. The van der Waals surface area contributed by atoms with E-state index in [1.165, 1.54) is 10.5 Å². The van der Waals surface area contributed by atoms with Crippen molar-refractivity contribution in [3.63, 3.8) is 0 Å². The molecule has 1 aromatic heterocycles. The summed E-state index contributed by atoms with van der Waals surface area (Å²) in [6, 6.07) is 10.6. The van der Waals surface area contributed by atoms with Gasteiger partial charge in [-0.05, 0) is 40.9 Å². The SMILES string of the molecule is C[C@H]1CCN(C(=O)CN2CCN(Cc3ccsc3)CC2)c2ccccc2S1. The molecule has 0 saturated carbocycles. The third-order valence-electron chi connectivity index (χ3n) is 5.35. The van der Waals surface area contributed by atoms with Crippen LogP contribution < -0.4 is 4.90 Å². The lowest BCUT2D eigenvalue weighted by Crippen LogP contribution is -2.50. The van der Waals surface area contributed by atoms with Crippen LogP contribution in [0.25, 0.3) is 0 Å². The van der Waals surface area contributed by atoms with Crippen LogP contribution >= 0.6 is 23.1 Å². The van der Waals surface area contributed by atoms with E-state index in [2.05, 4.69) is 51.7 Å². The number of fused-ring (bicyclic) bond motifs is 1. The number of rotatable bonds is 4. The normalized spacial score (nSPS) is 21.7. The maximum atomic E-state index is 13.1. The van der Waals surface area contributed by atoms with Crippen molar-refractivity contribution in [2.75, 3.05) is 44.2 Å². The molecule has 1 aromatic carbocycles. The van der Waals surface area contributed by atoms with Crippen molar-refractivity contribution in [3.8, 4) is 0 Å². The zero-order valence-electron chi connectivity index (χ0n) is 15.8. The van der Waals surface area contributed by atoms with Crippen molar-refractivity contribution >= 4 is 34.7 Å². The van der Waals surface area contributed by atoms with Gasteiger partial charge in [0.1, 0.15) is 0 Å². The minimum Gasteiger partial charge on any atom is -0.310 e. The molecule has 27 heavy (non-hydrogen) atoms. The van der Waals surface area contributed by atoms with E-state index >= 15 is 0 Å². The van der Waals surface area contributed by atoms with Crippen LogP contribution in [0, 0.1) is 0 Å². The first-order valence-corrected chi connectivity index (χ1v) is 11.5. The lowest BCUT2D eigenvalue weighted by atomic mass is 10.2. The van der Waals surface area contributed by atoms with Gasteiger partial charge in [0, 0.05) is 49.4 Å². The second-order valence-corrected chi connectivity index (χ2v) is 9.67. The van der Waals surface area contributed by atoms with Crippen LogP contribution in [0.4, 0.5) is 5.69 Å². The van der Waals surface area contributed by atoms with Gasteiger partial charge >= 0.3 is 0 Å². The Morgan fingerprint density at radius 2 is 1.85 bits per heavy atom. The molecule has 6 heteroatoms. The number of hydrogen-bond acceptors (Lipinski definition) is 5. The predicted octanol–water partition coefficient (Wildman–Crippen LogP) is 3.78. The first-order valence-electron chi connectivity index (χ1n) is 9.71. The Balaban J connectivity index is 1.34. The molecule has 0 unspecified atom stereocenters. The molecule has 0 bridgehead atoms. The van der Waals surface area contributed by atoms with Gasteiger partial charge in [0.05, 0.1) is 12.2 Å². The summed E-state index contributed by atoms with van der Waals surface area (Å²) in [5, 5.41) is 4.92. The van der Waals surface area contributed by atoms with Crippen molar-refractivity contribution in [1.82, 2.24) is 9.80 Å². The molecule has 0 aliphatic carbocycles. The van der Waals surface area contributed by atoms with Crippen LogP contribution in [0.5, 0.6) is 0 Å². The molecule has 0 spiro atoms. The Morgan fingerprint density at radius 1 is 1.07 bits per heavy atom. The third-order valence-corrected chi connectivity index (χ3v) is 7.32. The smallest absolute Gasteiger partial charge is 0.241 e. The van der Waals surface area contributed by atoms with E-state index in [9.17, 15) is 4.79 Å². The summed E-state index contributed by atoms with van der Waals surface area (Å²) in [7, 11) is 0. The van der Waals surface area contributed by atoms with Crippen LogP contribution in [0.1, 0.15) is 18.9 Å². The van der Waals surface area contributed by atoms with Gasteiger partial charge in [-0.3, -0.25) is 14.6 Å². The Kier molecular flexibility index (Phi) is 6.18. The number of thioether (sulfide) groups is 1. The number of nitrogens with zero attached hydrogens (tertiary/aromatic N) is 3. The number of anilines is 1. The van der Waals surface area contributed by atoms with Crippen LogP contribution in [-0.4, -0.2) is 60.2 Å². The fourth-order valence-electron chi connectivity index (χ4n) is 3.77. The highest BCUT2D eigenvalue weighted by molar-refractivity contribution is 8.00. The lowest BCUT2D eigenvalue weighted by molar-refractivity contribution is -0.120. The van der Waals surface area contributed by atoms with Gasteiger partial charge < -0.3 is 4.90 Å². The van der Waals surface area contributed by atoms with E-state index in [1.807, 2.05) is 22.7 Å². The minimum absolute atomic E-state index is 0.239. The van der Waals surface area contributed by atoms with E-state index in [1.54, 1.807) is 11.3 Å². The molecule has 1 saturated heterocycles.